The van der Waals surface area contributed by atoms with Crippen molar-refractivity contribution in [2.75, 3.05) is 6.16 Å². The zero-order valence-electron chi connectivity index (χ0n) is 5.93. The second-order valence-corrected chi connectivity index (χ2v) is 4.14. The zero-order chi connectivity index (χ0) is 7.40. The van der Waals surface area contributed by atoms with Crippen molar-refractivity contribution in [3.63, 3.8) is 0 Å². The molecule has 62 valence electrons. The highest BCUT2D eigenvalue weighted by molar-refractivity contribution is 7.64. The van der Waals surface area contributed by atoms with Crippen molar-refractivity contribution in [3.05, 3.63) is 23.8 Å². The molecular formula is C7H10ClO2P. The molecule has 0 amide bonds. The maximum Gasteiger partial charge on any atom is 0.328 e. The van der Waals surface area contributed by atoms with E-state index in [1.807, 2.05) is 0 Å². The first-order chi connectivity index (χ1) is 4.79. The molecule has 1 unspecified atom stereocenters. The van der Waals surface area contributed by atoms with Crippen molar-refractivity contribution in [1.29, 1.82) is 0 Å². The van der Waals surface area contributed by atoms with Gasteiger partial charge >= 0.3 is 5.97 Å². The van der Waals surface area contributed by atoms with E-state index in [-0.39, 0.29) is 20.3 Å². The molecule has 1 atom stereocenters. The van der Waals surface area contributed by atoms with Gasteiger partial charge in [-0.05, 0) is 18.4 Å². The molecule has 0 radical (unpaired) electrons. The van der Waals surface area contributed by atoms with Crippen LogP contribution in [0.1, 0.15) is 6.42 Å². The highest BCUT2D eigenvalue weighted by atomic mass is 35.5. The summed E-state index contributed by atoms with van der Waals surface area (Å²) in [7, 11) is -0.220. The molecule has 2 nitrogen and oxygen atoms in total. The van der Waals surface area contributed by atoms with Crippen LogP contribution in [-0.4, -0.2) is 17.2 Å². The third-order valence-electron chi connectivity index (χ3n) is 1.26. The molecule has 0 aliphatic carbocycles. The standard InChI is InChI=1S/C7H9O2P.ClH/c8-7(9)3-6-10-4-1-2-5-10;/h1,3-4,6H,2,5H2,(H,8,9);1H. The van der Waals surface area contributed by atoms with Crippen molar-refractivity contribution in [3.8, 4) is 0 Å². The summed E-state index contributed by atoms with van der Waals surface area (Å²) in [4.78, 5) is 10.1. The molecule has 1 aliphatic rings. The normalized spacial score (nSPS) is 22.0. The van der Waals surface area contributed by atoms with Crippen LogP contribution in [0, 0.1) is 0 Å². The SMILES string of the molecule is Cl.O=C(O)C=CP1C=CCC1. The molecule has 0 spiro atoms. The second-order valence-electron chi connectivity index (χ2n) is 2.07. The van der Waals surface area contributed by atoms with Crippen LogP contribution in [-0.2, 0) is 4.79 Å². The summed E-state index contributed by atoms with van der Waals surface area (Å²) < 4.78 is 0. The molecule has 1 heterocycles. The lowest BCUT2D eigenvalue weighted by Crippen LogP contribution is -1.84. The number of carboxylic acids is 1. The second kappa shape index (κ2) is 5.34. The summed E-state index contributed by atoms with van der Waals surface area (Å²) in [6.45, 7) is 0. The largest absolute Gasteiger partial charge is 0.478 e. The smallest absolute Gasteiger partial charge is 0.328 e. The summed E-state index contributed by atoms with van der Waals surface area (Å²) >= 11 is 0. The van der Waals surface area contributed by atoms with Crippen molar-refractivity contribution in [2.24, 2.45) is 0 Å². The van der Waals surface area contributed by atoms with Gasteiger partial charge in [0.1, 0.15) is 0 Å². The third-order valence-corrected chi connectivity index (χ3v) is 3.16. The minimum absolute atomic E-state index is 0. The first-order valence-corrected chi connectivity index (χ1v) is 4.79. The van der Waals surface area contributed by atoms with Crippen LogP contribution in [0.25, 0.3) is 0 Å². The molecule has 0 aromatic carbocycles. The summed E-state index contributed by atoms with van der Waals surface area (Å²) in [5.41, 5.74) is 0. The molecule has 1 rings (SSSR count). The van der Waals surface area contributed by atoms with Gasteiger partial charge in [-0.25, -0.2) is 4.79 Å². The number of carbonyl (C=O) groups is 1. The molecule has 1 aliphatic heterocycles. The minimum atomic E-state index is -0.845. The van der Waals surface area contributed by atoms with Gasteiger partial charge in [0.05, 0.1) is 0 Å². The Balaban J connectivity index is 0.000001000. The Hall–Kier alpha value is -0.330. The van der Waals surface area contributed by atoms with E-state index >= 15 is 0 Å². The fourth-order valence-corrected chi connectivity index (χ4v) is 2.38. The van der Waals surface area contributed by atoms with E-state index in [9.17, 15) is 4.79 Å². The highest BCUT2D eigenvalue weighted by Gasteiger charge is 2.03. The minimum Gasteiger partial charge on any atom is -0.478 e. The van der Waals surface area contributed by atoms with Gasteiger partial charge in [-0.2, -0.15) is 0 Å². The van der Waals surface area contributed by atoms with Crippen LogP contribution >= 0.6 is 20.3 Å². The number of carboxylic acid groups (broad SMARTS) is 1. The van der Waals surface area contributed by atoms with Gasteiger partial charge in [-0.3, -0.25) is 0 Å². The van der Waals surface area contributed by atoms with Crippen LogP contribution in [0.2, 0.25) is 0 Å². The van der Waals surface area contributed by atoms with Gasteiger partial charge in [0, 0.05) is 6.08 Å². The number of allylic oxidation sites excluding steroid dienone is 1. The van der Waals surface area contributed by atoms with E-state index in [0.29, 0.717) is 0 Å². The average Bonchev–Trinajstić information content (AvgIpc) is 2.34. The predicted octanol–water partition coefficient (Wildman–Crippen LogP) is 2.41. The summed E-state index contributed by atoms with van der Waals surface area (Å²) in [6, 6.07) is 0. The van der Waals surface area contributed by atoms with Crippen LogP contribution < -0.4 is 0 Å². The lowest BCUT2D eigenvalue weighted by Gasteiger charge is -1.96. The zero-order valence-corrected chi connectivity index (χ0v) is 7.65. The Morgan fingerprint density at radius 3 is 2.82 bits per heavy atom. The molecule has 0 fully saturated rings. The summed E-state index contributed by atoms with van der Waals surface area (Å²) in [5.74, 6) is 3.05. The molecule has 0 saturated heterocycles. The number of halogens is 1. The van der Waals surface area contributed by atoms with Gasteiger partial charge in [0.2, 0.25) is 0 Å². The molecular weight excluding hydrogens is 183 g/mol. The third kappa shape index (κ3) is 4.18. The molecule has 0 bridgehead atoms. The first-order valence-electron chi connectivity index (χ1n) is 3.12. The number of hydrogen-bond acceptors (Lipinski definition) is 1. The van der Waals surface area contributed by atoms with E-state index in [2.05, 4.69) is 11.9 Å². The fraction of sp³-hybridized carbons (Fsp3) is 0.286. The first kappa shape index (κ1) is 10.7. The van der Waals surface area contributed by atoms with Crippen molar-refractivity contribution in [1.82, 2.24) is 0 Å². The van der Waals surface area contributed by atoms with Crippen LogP contribution in [0.5, 0.6) is 0 Å². The van der Waals surface area contributed by atoms with Gasteiger partial charge in [0.15, 0.2) is 0 Å². The summed E-state index contributed by atoms with van der Waals surface area (Å²) in [5, 5.41) is 8.27. The van der Waals surface area contributed by atoms with E-state index in [4.69, 9.17) is 5.11 Å². The lowest BCUT2D eigenvalue weighted by atomic mass is 10.5. The molecule has 11 heavy (non-hydrogen) atoms. The maximum atomic E-state index is 10.1. The van der Waals surface area contributed by atoms with Crippen LogP contribution in [0.15, 0.2) is 23.8 Å². The average molecular weight is 193 g/mol. The molecule has 0 aromatic heterocycles. The quantitative estimate of drug-likeness (QED) is 0.539. The van der Waals surface area contributed by atoms with Gasteiger partial charge in [-0.15, -0.1) is 12.4 Å². The van der Waals surface area contributed by atoms with E-state index in [1.54, 1.807) is 5.82 Å². The Labute approximate surface area is 73.2 Å². The number of rotatable bonds is 2. The fourth-order valence-electron chi connectivity index (χ4n) is 0.792. The van der Waals surface area contributed by atoms with Crippen LogP contribution in [0.4, 0.5) is 0 Å². The van der Waals surface area contributed by atoms with Gasteiger partial charge in [0.25, 0.3) is 0 Å². The van der Waals surface area contributed by atoms with Crippen molar-refractivity contribution >= 4 is 26.3 Å². The Morgan fingerprint density at radius 1 is 1.64 bits per heavy atom. The Bertz CT molecular complexity index is 189. The monoisotopic (exact) mass is 192 g/mol. The predicted molar refractivity (Wildman–Crippen MR) is 49.6 cm³/mol. The number of hydrogen-bond donors (Lipinski definition) is 1. The molecule has 4 heteroatoms. The number of aliphatic carboxylic acids is 1. The molecule has 0 saturated carbocycles. The topological polar surface area (TPSA) is 37.3 Å². The molecule has 0 aromatic rings. The Kier molecular flexibility index (Phi) is 5.18. The van der Waals surface area contributed by atoms with E-state index in [1.165, 1.54) is 6.08 Å². The highest BCUT2D eigenvalue weighted by Crippen LogP contribution is 2.43. The van der Waals surface area contributed by atoms with Gasteiger partial charge < -0.3 is 5.11 Å². The van der Waals surface area contributed by atoms with Crippen molar-refractivity contribution in [2.45, 2.75) is 6.42 Å². The van der Waals surface area contributed by atoms with Gasteiger partial charge in [-0.1, -0.05) is 19.8 Å². The summed E-state index contributed by atoms with van der Waals surface area (Å²) in [6.07, 6.45) is 5.58. The van der Waals surface area contributed by atoms with Crippen molar-refractivity contribution < 1.29 is 9.90 Å². The van der Waals surface area contributed by atoms with Crippen LogP contribution in [0.3, 0.4) is 0 Å². The van der Waals surface area contributed by atoms with E-state index in [0.717, 1.165) is 12.6 Å². The molecule has 1 N–H and O–H groups in total. The lowest BCUT2D eigenvalue weighted by molar-refractivity contribution is -0.131. The maximum absolute atomic E-state index is 10.1. The Morgan fingerprint density at radius 2 is 2.36 bits per heavy atom. The van der Waals surface area contributed by atoms with E-state index < -0.39 is 5.97 Å².